The van der Waals surface area contributed by atoms with Gasteiger partial charge in [0.1, 0.15) is 11.3 Å². The van der Waals surface area contributed by atoms with E-state index in [1.807, 2.05) is 18.2 Å². The number of aromatic nitrogens is 1. The molecule has 112 valence electrons. The van der Waals surface area contributed by atoms with Gasteiger partial charge in [0.2, 0.25) is 0 Å². The quantitative estimate of drug-likeness (QED) is 0.761. The highest BCUT2D eigenvalue weighted by molar-refractivity contribution is 7.96. The number of ether oxygens (including phenoxy) is 1. The topological polar surface area (TPSA) is 39.2 Å². The van der Waals surface area contributed by atoms with Crippen molar-refractivity contribution in [2.24, 2.45) is 5.92 Å². The predicted molar refractivity (Wildman–Crippen MR) is 89.3 cm³/mol. The van der Waals surface area contributed by atoms with E-state index in [1.54, 1.807) is 12.3 Å². The second kappa shape index (κ2) is 7.66. The Labute approximate surface area is 135 Å². The summed E-state index contributed by atoms with van der Waals surface area (Å²) >= 11 is 10.0. The molecule has 2 aromatic rings. The van der Waals surface area contributed by atoms with Crippen molar-refractivity contribution >= 4 is 40.2 Å². The first-order chi connectivity index (χ1) is 10.1. The minimum atomic E-state index is -0.101. The van der Waals surface area contributed by atoms with E-state index in [9.17, 15) is 4.79 Å². The number of hydrogen-bond acceptors (Lipinski definition) is 3. The molecular formula is C16H18ClNO2S. The Bertz CT molecular complexity index is 633. The van der Waals surface area contributed by atoms with E-state index in [0.717, 1.165) is 23.7 Å². The van der Waals surface area contributed by atoms with E-state index in [1.165, 1.54) is 0 Å². The van der Waals surface area contributed by atoms with Crippen LogP contribution in [-0.2, 0) is 4.79 Å². The zero-order valence-corrected chi connectivity index (χ0v) is 13.5. The van der Waals surface area contributed by atoms with Gasteiger partial charge in [-0.2, -0.15) is 0 Å². The zero-order valence-electron chi connectivity index (χ0n) is 11.9. The maximum absolute atomic E-state index is 11.2. The summed E-state index contributed by atoms with van der Waals surface area (Å²) in [6.45, 7) is 2.57. The lowest BCUT2D eigenvalue weighted by atomic mass is 10.0. The number of carbonyl (C=O) groups is 1. The SMILES string of the molecule is CCCC(COc1ccc(Cl)c2cccnc12)CC(=O)S. The standard InChI is InChI=1S/C16H18ClNO2S/c1-2-4-11(9-15(19)21)10-20-14-7-6-13(17)12-5-3-8-18-16(12)14/h3,5-8,11H,2,4,9-10H2,1H3,(H,19,21). The Hall–Kier alpha value is -1.26. The van der Waals surface area contributed by atoms with Crippen LogP contribution >= 0.6 is 24.2 Å². The monoisotopic (exact) mass is 323 g/mol. The number of hydrogen-bond donors (Lipinski definition) is 1. The molecule has 3 nitrogen and oxygen atoms in total. The van der Waals surface area contributed by atoms with E-state index < -0.39 is 0 Å². The number of nitrogens with zero attached hydrogens (tertiary/aromatic N) is 1. The van der Waals surface area contributed by atoms with Crippen molar-refractivity contribution < 1.29 is 9.53 Å². The summed E-state index contributed by atoms with van der Waals surface area (Å²) in [6.07, 6.45) is 4.09. The fraction of sp³-hybridized carbons (Fsp3) is 0.375. The van der Waals surface area contributed by atoms with E-state index in [0.29, 0.717) is 23.8 Å². The lowest BCUT2D eigenvalue weighted by Crippen LogP contribution is -2.14. The Morgan fingerprint density at radius 1 is 1.43 bits per heavy atom. The first-order valence-corrected chi connectivity index (χ1v) is 7.82. The molecule has 1 aromatic carbocycles. The normalized spacial score (nSPS) is 12.3. The summed E-state index contributed by atoms with van der Waals surface area (Å²) < 4.78 is 5.88. The molecule has 0 N–H and O–H groups in total. The number of benzene rings is 1. The highest BCUT2D eigenvalue weighted by atomic mass is 35.5. The van der Waals surface area contributed by atoms with Gasteiger partial charge in [-0.1, -0.05) is 24.9 Å². The van der Waals surface area contributed by atoms with Crippen molar-refractivity contribution in [3.8, 4) is 5.75 Å². The van der Waals surface area contributed by atoms with Gasteiger partial charge < -0.3 is 4.74 Å². The maximum Gasteiger partial charge on any atom is 0.186 e. The van der Waals surface area contributed by atoms with Gasteiger partial charge in [0, 0.05) is 23.9 Å². The molecule has 0 bridgehead atoms. The molecule has 0 radical (unpaired) electrons. The summed E-state index contributed by atoms with van der Waals surface area (Å²) in [4.78, 5) is 15.5. The molecule has 5 heteroatoms. The maximum atomic E-state index is 11.2. The van der Waals surface area contributed by atoms with Gasteiger partial charge in [-0.15, -0.1) is 12.6 Å². The first-order valence-electron chi connectivity index (χ1n) is 6.99. The van der Waals surface area contributed by atoms with Gasteiger partial charge in [0.05, 0.1) is 11.6 Å². The molecule has 0 saturated carbocycles. The van der Waals surface area contributed by atoms with Crippen LogP contribution in [0.4, 0.5) is 0 Å². The largest absolute Gasteiger partial charge is 0.491 e. The van der Waals surface area contributed by atoms with E-state index in [4.69, 9.17) is 16.3 Å². The third-order valence-corrected chi connectivity index (χ3v) is 3.83. The number of fused-ring (bicyclic) bond motifs is 1. The number of halogens is 1. The molecular weight excluding hydrogens is 306 g/mol. The van der Waals surface area contributed by atoms with Gasteiger partial charge >= 0.3 is 0 Å². The van der Waals surface area contributed by atoms with Gasteiger partial charge in [0.15, 0.2) is 5.12 Å². The summed E-state index contributed by atoms with van der Waals surface area (Å²) in [5.41, 5.74) is 0.748. The highest BCUT2D eigenvalue weighted by Gasteiger charge is 2.14. The molecule has 0 saturated heterocycles. The summed E-state index contributed by atoms with van der Waals surface area (Å²) in [5.74, 6) is 0.872. The predicted octanol–water partition coefficient (Wildman–Crippen LogP) is 4.53. The van der Waals surface area contributed by atoms with E-state index in [2.05, 4.69) is 24.5 Å². The highest BCUT2D eigenvalue weighted by Crippen LogP contribution is 2.30. The number of rotatable bonds is 7. The average molecular weight is 324 g/mol. The minimum Gasteiger partial charge on any atom is -0.491 e. The number of carbonyl (C=O) groups excluding carboxylic acids is 1. The molecule has 0 aliphatic rings. The van der Waals surface area contributed by atoms with Gasteiger partial charge in [-0.05, 0) is 30.7 Å². The van der Waals surface area contributed by atoms with Crippen molar-refractivity contribution in [3.05, 3.63) is 35.5 Å². The van der Waals surface area contributed by atoms with Crippen molar-refractivity contribution in [3.63, 3.8) is 0 Å². The molecule has 2 rings (SSSR count). The van der Waals surface area contributed by atoms with E-state index >= 15 is 0 Å². The molecule has 1 atom stereocenters. The third kappa shape index (κ3) is 4.35. The van der Waals surface area contributed by atoms with Crippen LogP contribution in [0.25, 0.3) is 10.9 Å². The van der Waals surface area contributed by atoms with Crippen LogP contribution in [-0.4, -0.2) is 16.7 Å². The van der Waals surface area contributed by atoms with Crippen LogP contribution in [0, 0.1) is 5.92 Å². The Kier molecular flexibility index (Phi) is 5.88. The number of pyridine rings is 1. The Morgan fingerprint density at radius 2 is 2.24 bits per heavy atom. The zero-order chi connectivity index (χ0) is 15.2. The van der Waals surface area contributed by atoms with Gasteiger partial charge in [-0.3, -0.25) is 9.78 Å². The molecule has 0 aliphatic carbocycles. The summed E-state index contributed by atoms with van der Waals surface area (Å²) in [5, 5.41) is 1.42. The van der Waals surface area contributed by atoms with E-state index in [-0.39, 0.29) is 11.0 Å². The van der Waals surface area contributed by atoms with Crippen molar-refractivity contribution in [1.82, 2.24) is 4.98 Å². The summed E-state index contributed by atoms with van der Waals surface area (Å²) in [6, 6.07) is 7.39. The second-order valence-corrected chi connectivity index (χ2v) is 5.91. The lowest BCUT2D eigenvalue weighted by molar-refractivity contribution is -0.111. The summed E-state index contributed by atoms with van der Waals surface area (Å²) in [7, 11) is 0. The fourth-order valence-corrected chi connectivity index (χ4v) is 2.81. The Balaban J connectivity index is 2.15. The van der Waals surface area contributed by atoms with Crippen molar-refractivity contribution in [1.29, 1.82) is 0 Å². The fourth-order valence-electron chi connectivity index (χ4n) is 2.34. The average Bonchev–Trinajstić information content (AvgIpc) is 2.46. The van der Waals surface area contributed by atoms with Crippen LogP contribution in [0.3, 0.4) is 0 Å². The second-order valence-electron chi connectivity index (χ2n) is 5.01. The molecule has 0 fully saturated rings. The molecule has 0 spiro atoms. The third-order valence-electron chi connectivity index (χ3n) is 3.31. The molecule has 0 aliphatic heterocycles. The minimum absolute atomic E-state index is 0.101. The molecule has 21 heavy (non-hydrogen) atoms. The molecule has 1 unspecified atom stereocenters. The molecule has 1 aromatic heterocycles. The Morgan fingerprint density at radius 3 is 2.95 bits per heavy atom. The van der Waals surface area contributed by atoms with Crippen LogP contribution in [0.5, 0.6) is 5.75 Å². The van der Waals surface area contributed by atoms with Crippen LogP contribution in [0.15, 0.2) is 30.5 Å². The van der Waals surface area contributed by atoms with Crippen molar-refractivity contribution in [2.45, 2.75) is 26.2 Å². The lowest BCUT2D eigenvalue weighted by Gasteiger charge is -2.16. The molecule has 1 heterocycles. The van der Waals surface area contributed by atoms with Gasteiger partial charge in [0.25, 0.3) is 0 Å². The van der Waals surface area contributed by atoms with Crippen LogP contribution < -0.4 is 4.74 Å². The van der Waals surface area contributed by atoms with Gasteiger partial charge in [-0.25, -0.2) is 0 Å². The number of thiol groups is 1. The smallest absolute Gasteiger partial charge is 0.186 e. The van der Waals surface area contributed by atoms with Crippen molar-refractivity contribution in [2.75, 3.05) is 6.61 Å². The van der Waals surface area contributed by atoms with Crippen LogP contribution in [0.1, 0.15) is 26.2 Å². The molecule has 0 amide bonds. The first kappa shape index (κ1) is 16.1. The van der Waals surface area contributed by atoms with Crippen LogP contribution in [0.2, 0.25) is 5.02 Å².